The highest BCUT2D eigenvalue weighted by atomic mass is 32.2. The van der Waals surface area contributed by atoms with Gasteiger partial charge in [-0.2, -0.15) is 11.8 Å². The number of methoxy groups -OCH3 is 1. The molecule has 9 heteroatoms. The molecule has 0 saturated carbocycles. The quantitative estimate of drug-likeness (QED) is 0.413. The molecule has 0 spiro atoms. The SMILES string of the molecule is COc1ccc(-c2ccccc2)c(NC(=O)c2csc(C3CCN(C(=O)C(O)CCSC)CC3)n2)c1. The van der Waals surface area contributed by atoms with Crippen molar-refractivity contribution in [2.75, 3.05) is 37.5 Å². The second-order valence-electron chi connectivity index (χ2n) is 8.70. The molecule has 190 valence electrons. The van der Waals surface area contributed by atoms with Gasteiger partial charge in [-0.15, -0.1) is 11.3 Å². The third-order valence-corrected chi connectivity index (χ3v) is 8.00. The normalized spacial score (nSPS) is 14.9. The molecule has 1 aliphatic heterocycles. The van der Waals surface area contributed by atoms with Gasteiger partial charge in [0.25, 0.3) is 11.8 Å². The van der Waals surface area contributed by atoms with Gasteiger partial charge in [-0.1, -0.05) is 30.3 Å². The summed E-state index contributed by atoms with van der Waals surface area (Å²) in [6, 6.07) is 15.5. The minimum absolute atomic E-state index is 0.186. The minimum Gasteiger partial charge on any atom is -0.497 e. The largest absolute Gasteiger partial charge is 0.497 e. The summed E-state index contributed by atoms with van der Waals surface area (Å²) in [6.07, 6.45) is 3.04. The first kappa shape index (κ1) is 26.2. The molecule has 0 bridgehead atoms. The van der Waals surface area contributed by atoms with E-state index in [1.807, 2.05) is 54.8 Å². The predicted molar refractivity (Wildman–Crippen MR) is 146 cm³/mol. The lowest BCUT2D eigenvalue weighted by Gasteiger charge is -2.32. The fourth-order valence-corrected chi connectivity index (χ4v) is 5.73. The maximum Gasteiger partial charge on any atom is 0.275 e. The van der Waals surface area contributed by atoms with Crippen molar-refractivity contribution in [1.82, 2.24) is 9.88 Å². The summed E-state index contributed by atoms with van der Waals surface area (Å²) in [5.41, 5.74) is 2.93. The summed E-state index contributed by atoms with van der Waals surface area (Å²) in [4.78, 5) is 32.0. The van der Waals surface area contributed by atoms with E-state index in [9.17, 15) is 14.7 Å². The monoisotopic (exact) mass is 525 g/mol. The smallest absolute Gasteiger partial charge is 0.275 e. The van der Waals surface area contributed by atoms with Crippen LogP contribution in [0.2, 0.25) is 0 Å². The summed E-state index contributed by atoms with van der Waals surface area (Å²) in [6.45, 7) is 1.18. The molecule has 1 saturated heterocycles. The number of thiazole rings is 1. The Bertz CT molecular complexity index is 1180. The zero-order valence-electron chi connectivity index (χ0n) is 20.5. The van der Waals surface area contributed by atoms with Crippen LogP contribution in [-0.2, 0) is 4.79 Å². The molecule has 2 amide bonds. The Labute approximate surface area is 219 Å². The number of amides is 2. The van der Waals surface area contributed by atoms with Crippen molar-refractivity contribution < 1.29 is 19.4 Å². The highest BCUT2D eigenvalue weighted by molar-refractivity contribution is 7.98. The first-order valence-corrected chi connectivity index (χ1v) is 14.2. The van der Waals surface area contributed by atoms with Crippen LogP contribution in [-0.4, -0.2) is 65.1 Å². The number of hydrogen-bond acceptors (Lipinski definition) is 7. The highest BCUT2D eigenvalue weighted by Gasteiger charge is 2.29. The Morgan fingerprint density at radius 1 is 1.22 bits per heavy atom. The number of aromatic nitrogens is 1. The number of thioether (sulfide) groups is 1. The van der Waals surface area contributed by atoms with Crippen LogP contribution in [0.5, 0.6) is 5.75 Å². The second kappa shape index (κ2) is 12.4. The van der Waals surface area contributed by atoms with Crippen molar-refractivity contribution >= 4 is 40.6 Å². The molecule has 0 aliphatic carbocycles. The van der Waals surface area contributed by atoms with Gasteiger partial charge in [0.15, 0.2) is 0 Å². The van der Waals surface area contributed by atoms with Crippen molar-refractivity contribution in [2.45, 2.75) is 31.3 Å². The zero-order chi connectivity index (χ0) is 25.5. The number of piperidine rings is 1. The highest BCUT2D eigenvalue weighted by Crippen LogP contribution is 2.33. The van der Waals surface area contributed by atoms with Gasteiger partial charge in [0, 0.05) is 36.0 Å². The lowest BCUT2D eigenvalue weighted by atomic mass is 9.97. The molecule has 7 nitrogen and oxygen atoms in total. The predicted octanol–water partition coefficient (Wildman–Crippen LogP) is 4.89. The number of anilines is 1. The van der Waals surface area contributed by atoms with Gasteiger partial charge in [-0.05, 0) is 49.0 Å². The average molecular weight is 526 g/mol. The van der Waals surface area contributed by atoms with E-state index in [1.54, 1.807) is 29.2 Å². The lowest BCUT2D eigenvalue weighted by molar-refractivity contribution is -0.141. The topological polar surface area (TPSA) is 91.8 Å². The molecule has 1 aromatic heterocycles. The molecule has 2 N–H and O–H groups in total. The van der Waals surface area contributed by atoms with E-state index < -0.39 is 6.10 Å². The number of nitrogens with one attached hydrogen (secondary N) is 1. The fourth-order valence-electron chi connectivity index (χ4n) is 4.30. The van der Waals surface area contributed by atoms with Crippen molar-refractivity contribution in [2.24, 2.45) is 0 Å². The maximum atomic E-state index is 13.1. The van der Waals surface area contributed by atoms with Crippen molar-refractivity contribution in [3.8, 4) is 16.9 Å². The van der Waals surface area contributed by atoms with Gasteiger partial charge in [0.1, 0.15) is 17.5 Å². The van der Waals surface area contributed by atoms with Gasteiger partial charge in [-0.3, -0.25) is 9.59 Å². The molecular formula is C27H31N3O4S2. The third kappa shape index (κ3) is 6.27. The van der Waals surface area contributed by atoms with Crippen LogP contribution in [0.3, 0.4) is 0 Å². The fraction of sp³-hybridized carbons (Fsp3) is 0.370. The van der Waals surface area contributed by atoms with E-state index in [1.165, 1.54) is 11.3 Å². The molecule has 1 unspecified atom stereocenters. The van der Waals surface area contributed by atoms with E-state index in [0.29, 0.717) is 36.6 Å². The number of aliphatic hydroxyl groups is 1. The molecule has 3 aromatic rings. The Kier molecular flexibility index (Phi) is 9.01. The third-order valence-electron chi connectivity index (χ3n) is 6.35. The number of carbonyl (C=O) groups is 2. The van der Waals surface area contributed by atoms with Crippen molar-refractivity contribution in [3.05, 3.63) is 64.6 Å². The molecule has 2 aromatic carbocycles. The standard InChI is InChI=1S/C27H31N3O4S2/c1-34-20-8-9-21(18-6-4-3-5-7-18)22(16-20)28-25(32)23-17-36-26(29-23)19-10-13-30(14-11-19)27(33)24(31)12-15-35-2/h3-9,16-17,19,24,31H,10-15H2,1-2H3,(H,28,32). The van der Waals surface area contributed by atoms with Gasteiger partial charge in [0.05, 0.1) is 17.8 Å². The van der Waals surface area contributed by atoms with Gasteiger partial charge in [-0.25, -0.2) is 4.98 Å². The molecule has 1 fully saturated rings. The number of likely N-dealkylation sites (tertiary alicyclic amines) is 1. The van der Waals surface area contributed by atoms with Crippen LogP contribution in [0.25, 0.3) is 11.1 Å². The number of hydrogen-bond donors (Lipinski definition) is 2. The first-order valence-electron chi connectivity index (χ1n) is 12.0. The van der Waals surface area contributed by atoms with E-state index in [0.717, 1.165) is 34.7 Å². The van der Waals surface area contributed by atoms with Crippen LogP contribution in [0.4, 0.5) is 5.69 Å². The van der Waals surface area contributed by atoms with E-state index in [4.69, 9.17) is 4.74 Å². The van der Waals surface area contributed by atoms with Crippen LogP contribution in [0.1, 0.15) is 40.7 Å². The van der Waals surface area contributed by atoms with E-state index in [-0.39, 0.29) is 17.7 Å². The number of benzene rings is 2. The summed E-state index contributed by atoms with van der Waals surface area (Å²) in [5, 5.41) is 15.8. The maximum absolute atomic E-state index is 13.1. The van der Waals surface area contributed by atoms with Crippen molar-refractivity contribution in [3.63, 3.8) is 0 Å². The number of aliphatic hydroxyl groups excluding tert-OH is 1. The second-order valence-corrected chi connectivity index (χ2v) is 10.6. The number of rotatable bonds is 9. The molecular weight excluding hydrogens is 494 g/mol. The average Bonchev–Trinajstić information content (AvgIpc) is 3.42. The number of carbonyl (C=O) groups excluding carboxylic acids is 2. The number of ether oxygens (including phenoxy) is 1. The van der Waals surface area contributed by atoms with Gasteiger partial charge >= 0.3 is 0 Å². The summed E-state index contributed by atoms with van der Waals surface area (Å²) < 4.78 is 5.37. The van der Waals surface area contributed by atoms with Gasteiger partial charge in [0.2, 0.25) is 0 Å². The summed E-state index contributed by atoms with van der Waals surface area (Å²) >= 11 is 3.10. The Morgan fingerprint density at radius 2 is 1.97 bits per heavy atom. The first-order chi connectivity index (χ1) is 17.5. The van der Waals surface area contributed by atoms with Crippen molar-refractivity contribution in [1.29, 1.82) is 0 Å². The zero-order valence-corrected chi connectivity index (χ0v) is 22.1. The molecule has 0 radical (unpaired) electrons. The molecule has 36 heavy (non-hydrogen) atoms. The Hall–Kier alpha value is -2.88. The van der Waals surface area contributed by atoms with Crippen LogP contribution in [0, 0.1) is 0 Å². The summed E-state index contributed by atoms with van der Waals surface area (Å²) in [7, 11) is 1.60. The van der Waals surface area contributed by atoms with Crippen LogP contribution >= 0.6 is 23.1 Å². The van der Waals surface area contributed by atoms with E-state index >= 15 is 0 Å². The van der Waals surface area contributed by atoms with Crippen LogP contribution < -0.4 is 10.1 Å². The molecule has 2 heterocycles. The van der Waals surface area contributed by atoms with Crippen LogP contribution in [0.15, 0.2) is 53.9 Å². The molecule has 1 aliphatic rings. The van der Waals surface area contributed by atoms with Gasteiger partial charge < -0.3 is 20.1 Å². The molecule has 4 rings (SSSR count). The lowest BCUT2D eigenvalue weighted by Crippen LogP contribution is -2.43. The number of nitrogens with zero attached hydrogens (tertiary/aromatic N) is 2. The van der Waals surface area contributed by atoms with E-state index in [2.05, 4.69) is 10.3 Å². The molecule has 1 atom stereocenters. The summed E-state index contributed by atoms with van der Waals surface area (Å²) in [5.74, 6) is 1.15. The Morgan fingerprint density at radius 3 is 2.67 bits per heavy atom. The Balaban J connectivity index is 1.41. The minimum atomic E-state index is -0.929.